The maximum Gasteiger partial charge on any atom is 0.236 e. The van der Waals surface area contributed by atoms with E-state index in [1.807, 2.05) is 13.8 Å². The fraction of sp³-hybridized carbons (Fsp3) is 0.700. The molecule has 0 aliphatic carbocycles. The van der Waals surface area contributed by atoms with Crippen molar-refractivity contribution in [2.45, 2.75) is 32.7 Å². The van der Waals surface area contributed by atoms with E-state index in [9.17, 15) is 4.79 Å². The lowest BCUT2D eigenvalue weighted by molar-refractivity contribution is -0.122. The quantitative estimate of drug-likeness (QED) is 0.480. The van der Waals surface area contributed by atoms with Crippen molar-refractivity contribution in [2.75, 3.05) is 6.54 Å². The summed E-state index contributed by atoms with van der Waals surface area (Å²) in [5.41, 5.74) is 5.64. The number of nitrogens with one attached hydrogen (secondary N) is 1. The Kier molecular flexibility index (Phi) is 5.99. The molecule has 0 rings (SSSR count). The van der Waals surface area contributed by atoms with Gasteiger partial charge in [-0.25, -0.2) is 0 Å². The lowest BCUT2D eigenvalue weighted by Crippen LogP contribution is -2.41. The van der Waals surface area contributed by atoms with Crippen LogP contribution in [0.3, 0.4) is 0 Å². The van der Waals surface area contributed by atoms with Crippen LogP contribution in [-0.2, 0) is 4.79 Å². The molecule has 0 aliphatic rings. The zero-order valence-corrected chi connectivity index (χ0v) is 8.34. The van der Waals surface area contributed by atoms with Gasteiger partial charge in [0.25, 0.3) is 0 Å². The second-order valence-electron chi connectivity index (χ2n) is 3.48. The number of rotatable bonds is 5. The van der Waals surface area contributed by atoms with Crippen LogP contribution >= 0.6 is 0 Å². The Labute approximate surface area is 80.1 Å². The van der Waals surface area contributed by atoms with Gasteiger partial charge >= 0.3 is 0 Å². The summed E-state index contributed by atoms with van der Waals surface area (Å²) < 4.78 is 0. The van der Waals surface area contributed by atoms with E-state index in [1.165, 1.54) is 0 Å². The van der Waals surface area contributed by atoms with E-state index in [4.69, 9.17) is 12.2 Å². The lowest BCUT2D eigenvalue weighted by Gasteiger charge is -2.13. The average Bonchev–Trinajstić information content (AvgIpc) is 2.03. The fourth-order valence-corrected chi connectivity index (χ4v) is 1.00. The number of amides is 1. The molecule has 3 N–H and O–H groups in total. The summed E-state index contributed by atoms with van der Waals surface area (Å²) in [6.07, 6.45) is 6.30. The second kappa shape index (κ2) is 6.50. The molecule has 0 aromatic carbocycles. The molecule has 1 amide bonds. The molecule has 0 spiro atoms. The van der Waals surface area contributed by atoms with Gasteiger partial charge in [-0.1, -0.05) is 13.8 Å². The largest absolute Gasteiger partial charge is 0.354 e. The Balaban J connectivity index is 3.64. The molecule has 0 aromatic heterocycles. The molecule has 0 radical (unpaired) electrons. The van der Waals surface area contributed by atoms with E-state index in [0.717, 1.165) is 0 Å². The lowest BCUT2D eigenvalue weighted by atomic mass is 10.0. The summed E-state index contributed by atoms with van der Waals surface area (Å²) in [5.74, 6) is 2.78. The minimum Gasteiger partial charge on any atom is -0.354 e. The standard InChI is InChI=1S/C10H18N2O/c1-4-5-6-12-10(13)9(11)7-8(2)3/h1,8-9H,5-7,11H2,2-3H3,(H,12,13)/t9-/m0/s1. The highest BCUT2D eigenvalue weighted by atomic mass is 16.2. The van der Waals surface area contributed by atoms with Gasteiger partial charge in [-0.05, 0) is 12.3 Å². The summed E-state index contributed by atoms with van der Waals surface area (Å²) in [7, 11) is 0. The van der Waals surface area contributed by atoms with Gasteiger partial charge in [0.2, 0.25) is 5.91 Å². The van der Waals surface area contributed by atoms with Gasteiger partial charge in [-0.15, -0.1) is 12.3 Å². The highest BCUT2D eigenvalue weighted by molar-refractivity contribution is 5.81. The van der Waals surface area contributed by atoms with Crippen LogP contribution in [0.4, 0.5) is 0 Å². The molecule has 0 unspecified atom stereocenters. The predicted molar refractivity (Wildman–Crippen MR) is 53.9 cm³/mol. The van der Waals surface area contributed by atoms with Gasteiger partial charge in [0.05, 0.1) is 6.04 Å². The van der Waals surface area contributed by atoms with Crippen molar-refractivity contribution in [3.8, 4) is 12.3 Å². The first-order valence-corrected chi connectivity index (χ1v) is 4.54. The number of carbonyl (C=O) groups excluding carboxylic acids is 1. The molecule has 1 atom stereocenters. The van der Waals surface area contributed by atoms with Gasteiger partial charge < -0.3 is 11.1 Å². The third kappa shape index (κ3) is 6.18. The van der Waals surface area contributed by atoms with Gasteiger partial charge in [0.1, 0.15) is 0 Å². The zero-order chi connectivity index (χ0) is 10.3. The second-order valence-corrected chi connectivity index (χ2v) is 3.48. The van der Waals surface area contributed by atoms with Crippen LogP contribution in [0.25, 0.3) is 0 Å². The summed E-state index contributed by atoms with van der Waals surface area (Å²) in [6, 6.07) is -0.405. The van der Waals surface area contributed by atoms with Gasteiger partial charge in [-0.2, -0.15) is 0 Å². The molecule has 0 bridgehead atoms. The summed E-state index contributed by atoms with van der Waals surface area (Å²) >= 11 is 0. The zero-order valence-electron chi connectivity index (χ0n) is 8.34. The first-order valence-electron chi connectivity index (χ1n) is 4.54. The van der Waals surface area contributed by atoms with Crippen molar-refractivity contribution in [3.05, 3.63) is 0 Å². The summed E-state index contributed by atoms with van der Waals surface area (Å²) in [6.45, 7) is 4.59. The van der Waals surface area contributed by atoms with Crippen molar-refractivity contribution in [3.63, 3.8) is 0 Å². The van der Waals surface area contributed by atoms with Crippen molar-refractivity contribution >= 4 is 5.91 Å². The van der Waals surface area contributed by atoms with Crippen molar-refractivity contribution in [1.82, 2.24) is 5.32 Å². The topological polar surface area (TPSA) is 55.1 Å². The van der Waals surface area contributed by atoms with E-state index >= 15 is 0 Å². The van der Waals surface area contributed by atoms with E-state index < -0.39 is 6.04 Å². The molecule has 0 fully saturated rings. The Hall–Kier alpha value is -1.01. The Morgan fingerprint density at radius 3 is 2.69 bits per heavy atom. The Morgan fingerprint density at radius 1 is 1.62 bits per heavy atom. The number of carbonyl (C=O) groups is 1. The van der Waals surface area contributed by atoms with E-state index in [1.54, 1.807) is 0 Å². The SMILES string of the molecule is C#CCCNC(=O)[C@@H](N)CC(C)C. The highest BCUT2D eigenvalue weighted by Crippen LogP contribution is 2.02. The molecular formula is C10H18N2O. The molecule has 0 saturated heterocycles. The van der Waals surface area contributed by atoms with Crippen LogP contribution in [0, 0.1) is 18.3 Å². The highest BCUT2D eigenvalue weighted by Gasteiger charge is 2.13. The first kappa shape index (κ1) is 12.0. The molecule has 0 aromatic rings. The minimum absolute atomic E-state index is 0.107. The van der Waals surface area contributed by atoms with E-state index in [0.29, 0.717) is 25.3 Å². The maximum absolute atomic E-state index is 11.2. The van der Waals surface area contributed by atoms with E-state index in [-0.39, 0.29) is 5.91 Å². The van der Waals surface area contributed by atoms with Crippen LogP contribution in [0.5, 0.6) is 0 Å². The third-order valence-electron chi connectivity index (χ3n) is 1.63. The van der Waals surface area contributed by atoms with Gasteiger partial charge in [0.15, 0.2) is 0 Å². The number of nitrogens with two attached hydrogens (primary N) is 1. The predicted octanol–water partition coefficient (Wildman–Crippen LogP) is 0.499. The first-order chi connectivity index (χ1) is 6.07. The molecule has 13 heavy (non-hydrogen) atoms. The van der Waals surface area contributed by atoms with Crippen molar-refractivity contribution < 1.29 is 4.79 Å². The Morgan fingerprint density at radius 2 is 2.23 bits per heavy atom. The monoisotopic (exact) mass is 182 g/mol. The van der Waals surface area contributed by atoms with E-state index in [2.05, 4.69) is 11.2 Å². The van der Waals surface area contributed by atoms with Crippen LogP contribution < -0.4 is 11.1 Å². The van der Waals surface area contributed by atoms with Crippen LogP contribution in [0.1, 0.15) is 26.7 Å². The molecule has 0 aliphatic heterocycles. The normalized spacial score (nSPS) is 12.2. The van der Waals surface area contributed by atoms with Crippen molar-refractivity contribution in [2.24, 2.45) is 11.7 Å². The molecule has 74 valence electrons. The molecule has 0 heterocycles. The molecule has 3 heteroatoms. The Bertz CT molecular complexity index is 194. The maximum atomic E-state index is 11.2. The fourth-order valence-electron chi connectivity index (χ4n) is 1.00. The van der Waals surface area contributed by atoms with Crippen LogP contribution in [0.15, 0.2) is 0 Å². The minimum atomic E-state index is -0.405. The van der Waals surface area contributed by atoms with Gasteiger partial charge in [0, 0.05) is 13.0 Å². The summed E-state index contributed by atoms with van der Waals surface area (Å²) in [4.78, 5) is 11.2. The van der Waals surface area contributed by atoms with Crippen LogP contribution in [-0.4, -0.2) is 18.5 Å². The molecule has 0 saturated carbocycles. The molecular weight excluding hydrogens is 164 g/mol. The van der Waals surface area contributed by atoms with Crippen LogP contribution in [0.2, 0.25) is 0 Å². The number of hydrogen-bond donors (Lipinski definition) is 2. The molecule has 3 nitrogen and oxygen atoms in total. The number of terminal acetylenes is 1. The summed E-state index contributed by atoms with van der Waals surface area (Å²) in [5, 5.41) is 2.68. The van der Waals surface area contributed by atoms with Crippen molar-refractivity contribution in [1.29, 1.82) is 0 Å². The number of hydrogen-bond acceptors (Lipinski definition) is 2. The average molecular weight is 182 g/mol. The van der Waals surface area contributed by atoms with Gasteiger partial charge in [-0.3, -0.25) is 4.79 Å². The third-order valence-corrected chi connectivity index (χ3v) is 1.63. The smallest absolute Gasteiger partial charge is 0.236 e.